The van der Waals surface area contributed by atoms with Crippen LogP contribution in [0.25, 0.3) is 0 Å². The second-order valence-electron chi connectivity index (χ2n) is 3.15. The van der Waals surface area contributed by atoms with Crippen molar-refractivity contribution < 1.29 is 4.79 Å². The van der Waals surface area contributed by atoms with Crippen molar-refractivity contribution in [2.75, 3.05) is 33.7 Å². The molecule has 1 amide bonds. The lowest BCUT2D eigenvalue weighted by Gasteiger charge is -2.08. The van der Waals surface area contributed by atoms with Gasteiger partial charge in [0.25, 0.3) is 0 Å². The van der Waals surface area contributed by atoms with E-state index in [0.717, 1.165) is 25.9 Å². The molecule has 0 aliphatic heterocycles. The number of hydrogen-bond acceptors (Lipinski definition) is 3. The number of nitrogens with two attached hydrogens (primary N) is 1. The number of carbonyl (C=O) groups is 1. The Hall–Kier alpha value is -0.610. The Morgan fingerprint density at radius 1 is 1.42 bits per heavy atom. The maximum Gasteiger partial charge on any atom is 0.231 e. The Labute approximate surface area is 74.1 Å². The van der Waals surface area contributed by atoms with Crippen LogP contribution >= 0.6 is 0 Å². The molecule has 0 aromatic carbocycles. The molecular weight excluding hydrogens is 154 g/mol. The highest BCUT2D eigenvalue weighted by Crippen LogP contribution is 1.87. The van der Waals surface area contributed by atoms with Gasteiger partial charge in [-0.1, -0.05) is 0 Å². The molecule has 0 atom stereocenters. The minimum atomic E-state index is -0.289. The summed E-state index contributed by atoms with van der Waals surface area (Å²) in [5.41, 5.74) is 4.95. The van der Waals surface area contributed by atoms with Gasteiger partial charge in [0.2, 0.25) is 5.91 Å². The van der Waals surface area contributed by atoms with Crippen LogP contribution in [-0.2, 0) is 4.79 Å². The van der Waals surface area contributed by atoms with E-state index in [0.29, 0.717) is 6.54 Å². The van der Waals surface area contributed by atoms with Gasteiger partial charge in [-0.2, -0.15) is 0 Å². The van der Waals surface area contributed by atoms with Gasteiger partial charge in [0, 0.05) is 0 Å². The smallest absolute Gasteiger partial charge is 0.231 e. The summed E-state index contributed by atoms with van der Waals surface area (Å²) in [4.78, 5) is 12.4. The Morgan fingerprint density at radius 3 is 2.58 bits per heavy atom. The lowest BCUT2D eigenvalue weighted by molar-refractivity contribution is -0.117. The molecule has 12 heavy (non-hydrogen) atoms. The molecule has 0 aliphatic carbocycles. The number of hydrogen-bond donors (Lipinski definition) is 2. The number of nitrogens with one attached hydrogen (secondary N) is 1. The minimum Gasteiger partial charge on any atom is -0.369 e. The van der Waals surface area contributed by atoms with Crippen LogP contribution in [0.2, 0.25) is 0 Å². The molecule has 4 nitrogen and oxygen atoms in total. The van der Waals surface area contributed by atoms with E-state index in [1.165, 1.54) is 0 Å². The van der Waals surface area contributed by atoms with Crippen LogP contribution in [0, 0.1) is 0 Å². The summed E-state index contributed by atoms with van der Waals surface area (Å²) in [6.45, 7) is 2.26. The van der Waals surface area contributed by atoms with E-state index in [2.05, 4.69) is 24.3 Å². The standard InChI is InChI=1S/C8H19N3O/c1-11(2)6-4-3-5-10-7-8(9)12/h10H,3-7H2,1-2H3,(H2,9,12). The zero-order valence-electron chi connectivity index (χ0n) is 7.97. The molecule has 0 saturated carbocycles. The number of rotatable bonds is 7. The van der Waals surface area contributed by atoms with Gasteiger partial charge >= 0.3 is 0 Å². The lowest BCUT2D eigenvalue weighted by atomic mass is 10.3. The predicted octanol–water partition coefficient (Wildman–Crippen LogP) is -0.597. The van der Waals surface area contributed by atoms with E-state index < -0.39 is 0 Å². The third kappa shape index (κ3) is 9.39. The first kappa shape index (κ1) is 11.4. The van der Waals surface area contributed by atoms with Gasteiger partial charge in [0.15, 0.2) is 0 Å². The molecule has 3 N–H and O–H groups in total. The Morgan fingerprint density at radius 2 is 2.08 bits per heavy atom. The molecule has 4 heteroatoms. The highest BCUT2D eigenvalue weighted by atomic mass is 16.1. The summed E-state index contributed by atoms with van der Waals surface area (Å²) < 4.78 is 0. The van der Waals surface area contributed by atoms with Crippen molar-refractivity contribution in [2.24, 2.45) is 5.73 Å². The topological polar surface area (TPSA) is 58.4 Å². The van der Waals surface area contributed by atoms with Gasteiger partial charge in [-0.15, -0.1) is 0 Å². The minimum absolute atomic E-state index is 0.289. The van der Waals surface area contributed by atoms with Crippen LogP contribution in [0.15, 0.2) is 0 Å². The summed E-state index contributed by atoms with van der Waals surface area (Å²) in [6.07, 6.45) is 2.24. The molecule has 0 aromatic rings. The van der Waals surface area contributed by atoms with Gasteiger partial charge in [0.1, 0.15) is 0 Å². The van der Waals surface area contributed by atoms with Crippen LogP contribution in [0.5, 0.6) is 0 Å². The quantitative estimate of drug-likeness (QED) is 0.506. The fraction of sp³-hybridized carbons (Fsp3) is 0.875. The number of unbranched alkanes of at least 4 members (excludes halogenated alkanes) is 1. The third-order valence-corrected chi connectivity index (χ3v) is 1.51. The molecule has 0 unspecified atom stereocenters. The van der Waals surface area contributed by atoms with E-state index >= 15 is 0 Å². The lowest BCUT2D eigenvalue weighted by Crippen LogP contribution is -2.29. The first-order valence-electron chi connectivity index (χ1n) is 4.26. The Kier molecular flexibility index (Phi) is 6.70. The van der Waals surface area contributed by atoms with Crippen molar-refractivity contribution in [2.45, 2.75) is 12.8 Å². The fourth-order valence-electron chi connectivity index (χ4n) is 0.890. The van der Waals surface area contributed by atoms with E-state index in [1.807, 2.05) is 0 Å². The Bertz CT molecular complexity index is 125. The molecule has 0 spiro atoms. The largest absolute Gasteiger partial charge is 0.369 e. The number of nitrogens with zero attached hydrogens (tertiary/aromatic N) is 1. The number of carbonyl (C=O) groups excluding carboxylic acids is 1. The monoisotopic (exact) mass is 173 g/mol. The molecule has 0 aromatic heterocycles. The van der Waals surface area contributed by atoms with Crippen LogP contribution in [-0.4, -0.2) is 44.5 Å². The van der Waals surface area contributed by atoms with E-state index in [1.54, 1.807) is 0 Å². The van der Waals surface area contributed by atoms with Crippen molar-refractivity contribution in [3.63, 3.8) is 0 Å². The molecule has 0 aliphatic rings. The van der Waals surface area contributed by atoms with Gasteiger partial charge in [0.05, 0.1) is 6.54 Å². The van der Waals surface area contributed by atoms with E-state index in [4.69, 9.17) is 5.73 Å². The van der Waals surface area contributed by atoms with E-state index in [-0.39, 0.29) is 5.91 Å². The summed E-state index contributed by atoms with van der Waals surface area (Å²) in [5, 5.41) is 2.97. The maximum atomic E-state index is 10.3. The van der Waals surface area contributed by atoms with Crippen molar-refractivity contribution in [1.82, 2.24) is 10.2 Å². The van der Waals surface area contributed by atoms with Crippen molar-refractivity contribution in [3.8, 4) is 0 Å². The summed E-state index contributed by atoms with van der Waals surface area (Å²) in [6, 6.07) is 0. The summed E-state index contributed by atoms with van der Waals surface area (Å²) >= 11 is 0. The summed E-state index contributed by atoms with van der Waals surface area (Å²) in [5.74, 6) is -0.289. The van der Waals surface area contributed by atoms with Crippen molar-refractivity contribution in [1.29, 1.82) is 0 Å². The van der Waals surface area contributed by atoms with Gasteiger partial charge in [-0.3, -0.25) is 4.79 Å². The van der Waals surface area contributed by atoms with Crippen LogP contribution in [0.4, 0.5) is 0 Å². The molecule has 0 saturated heterocycles. The highest BCUT2D eigenvalue weighted by Gasteiger charge is 1.93. The number of amides is 1. The fourth-order valence-corrected chi connectivity index (χ4v) is 0.890. The molecule has 0 bridgehead atoms. The van der Waals surface area contributed by atoms with Gasteiger partial charge < -0.3 is 16.0 Å². The average Bonchev–Trinajstić information content (AvgIpc) is 1.95. The van der Waals surface area contributed by atoms with Crippen LogP contribution in [0.3, 0.4) is 0 Å². The second kappa shape index (κ2) is 7.06. The molecule has 0 fully saturated rings. The first-order chi connectivity index (χ1) is 5.63. The molecule has 0 rings (SSSR count). The first-order valence-corrected chi connectivity index (χ1v) is 4.26. The average molecular weight is 173 g/mol. The van der Waals surface area contributed by atoms with Gasteiger partial charge in [-0.05, 0) is 40.0 Å². The number of primary amides is 1. The SMILES string of the molecule is CN(C)CCCCNCC(N)=O. The summed E-state index contributed by atoms with van der Waals surface area (Å²) in [7, 11) is 4.10. The zero-order valence-corrected chi connectivity index (χ0v) is 7.97. The Balaban J connectivity index is 2.96. The van der Waals surface area contributed by atoms with Crippen LogP contribution in [0.1, 0.15) is 12.8 Å². The molecular formula is C8H19N3O. The van der Waals surface area contributed by atoms with Crippen LogP contribution < -0.4 is 11.1 Å². The van der Waals surface area contributed by atoms with Crippen molar-refractivity contribution in [3.05, 3.63) is 0 Å². The third-order valence-electron chi connectivity index (χ3n) is 1.51. The normalized spacial score (nSPS) is 10.6. The highest BCUT2D eigenvalue weighted by molar-refractivity contribution is 5.75. The maximum absolute atomic E-state index is 10.3. The molecule has 72 valence electrons. The van der Waals surface area contributed by atoms with Gasteiger partial charge in [-0.25, -0.2) is 0 Å². The second-order valence-corrected chi connectivity index (χ2v) is 3.15. The molecule has 0 heterocycles. The van der Waals surface area contributed by atoms with Crippen molar-refractivity contribution >= 4 is 5.91 Å². The molecule has 0 radical (unpaired) electrons. The predicted molar refractivity (Wildman–Crippen MR) is 49.9 cm³/mol. The van der Waals surface area contributed by atoms with E-state index in [9.17, 15) is 4.79 Å². The zero-order chi connectivity index (χ0) is 9.40.